The number of hydrogen-bond acceptors (Lipinski definition) is 5. The number of aromatic nitrogens is 4. The topological polar surface area (TPSA) is 101 Å². The van der Waals surface area contributed by atoms with E-state index in [0.29, 0.717) is 29.4 Å². The van der Waals surface area contributed by atoms with Crippen LogP contribution in [0.1, 0.15) is 17.3 Å². The van der Waals surface area contributed by atoms with Gasteiger partial charge in [-0.1, -0.05) is 30.3 Å². The summed E-state index contributed by atoms with van der Waals surface area (Å²) >= 11 is 0. The number of carbonyl (C=O) groups is 1. The minimum Gasteiger partial charge on any atom is -0.382 e. The lowest BCUT2D eigenvalue weighted by atomic mass is 10.1. The Hall–Kier alpha value is -3.74. The number of nitrogens with two attached hydrogens (primary N) is 1. The second-order valence-corrected chi connectivity index (χ2v) is 6.11. The van der Waals surface area contributed by atoms with Gasteiger partial charge in [-0.05, 0) is 23.8 Å². The molecule has 0 saturated carbocycles. The zero-order valence-electron chi connectivity index (χ0n) is 13.7. The molecule has 0 unspecified atom stereocenters. The summed E-state index contributed by atoms with van der Waals surface area (Å²) in [6.07, 6.45) is 1.52. The standard InChI is InChI=1S/C19H14N6O.H2/c20-17-16(18-22-13-7-3-4-8-14(13)23-18)24-15(9-21-17)25-10-11-5-1-2-6-12(11)19(25)26;/h1-9H,10H2,(H2,20,21)(H,22,23);1H. The fourth-order valence-electron chi connectivity index (χ4n) is 3.20. The van der Waals surface area contributed by atoms with Gasteiger partial charge in [0.25, 0.3) is 5.91 Å². The number of para-hydroxylation sites is 2. The summed E-state index contributed by atoms with van der Waals surface area (Å²) in [5.74, 6) is 1.16. The molecule has 2 aromatic carbocycles. The summed E-state index contributed by atoms with van der Waals surface area (Å²) in [6, 6.07) is 15.2. The van der Waals surface area contributed by atoms with Gasteiger partial charge in [0.15, 0.2) is 23.2 Å². The van der Waals surface area contributed by atoms with E-state index in [0.717, 1.165) is 16.6 Å². The number of fused-ring (bicyclic) bond motifs is 2. The van der Waals surface area contributed by atoms with E-state index in [1.165, 1.54) is 6.20 Å². The predicted molar refractivity (Wildman–Crippen MR) is 101 cm³/mol. The van der Waals surface area contributed by atoms with Gasteiger partial charge >= 0.3 is 0 Å². The molecule has 0 saturated heterocycles. The molecular weight excluding hydrogens is 328 g/mol. The number of hydrogen-bond donors (Lipinski definition) is 2. The van der Waals surface area contributed by atoms with Gasteiger partial charge in [0.05, 0.1) is 23.8 Å². The Morgan fingerprint density at radius 1 is 1.08 bits per heavy atom. The molecule has 0 atom stereocenters. The van der Waals surface area contributed by atoms with Crippen molar-refractivity contribution in [3.8, 4) is 11.5 Å². The molecular formula is C19H16N6O. The van der Waals surface area contributed by atoms with E-state index in [2.05, 4.69) is 19.9 Å². The van der Waals surface area contributed by atoms with Crippen LogP contribution in [0, 0.1) is 0 Å². The third-order valence-corrected chi connectivity index (χ3v) is 4.50. The normalized spacial score (nSPS) is 13.4. The minimum atomic E-state index is -0.0878. The van der Waals surface area contributed by atoms with Crippen LogP contribution in [-0.2, 0) is 6.54 Å². The Morgan fingerprint density at radius 3 is 2.73 bits per heavy atom. The molecule has 1 aliphatic heterocycles. The first-order chi connectivity index (χ1) is 12.7. The van der Waals surface area contributed by atoms with Crippen LogP contribution in [0.2, 0.25) is 0 Å². The van der Waals surface area contributed by atoms with Gasteiger partial charge in [-0.15, -0.1) is 0 Å². The van der Waals surface area contributed by atoms with Gasteiger partial charge in [0.2, 0.25) is 0 Å². The number of amides is 1. The molecule has 3 heterocycles. The van der Waals surface area contributed by atoms with Crippen LogP contribution in [0.25, 0.3) is 22.6 Å². The molecule has 0 radical (unpaired) electrons. The highest BCUT2D eigenvalue weighted by Crippen LogP contribution is 2.29. The van der Waals surface area contributed by atoms with E-state index in [4.69, 9.17) is 5.73 Å². The zero-order valence-corrected chi connectivity index (χ0v) is 13.7. The van der Waals surface area contributed by atoms with Crippen molar-refractivity contribution in [2.75, 3.05) is 10.6 Å². The lowest BCUT2D eigenvalue weighted by Gasteiger charge is -2.15. The first-order valence-electron chi connectivity index (χ1n) is 8.18. The second kappa shape index (κ2) is 5.38. The predicted octanol–water partition coefficient (Wildman–Crippen LogP) is 3.01. The monoisotopic (exact) mass is 344 g/mol. The van der Waals surface area contributed by atoms with Crippen LogP contribution in [0.4, 0.5) is 11.6 Å². The van der Waals surface area contributed by atoms with Gasteiger partial charge in [0, 0.05) is 6.99 Å². The number of benzene rings is 2. The molecule has 0 fully saturated rings. The lowest BCUT2D eigenvalue weighted by Crippen LogP contribution is -2.24. The van der Waals surface area contributed by atoms with Gasteiger partial charge in [-0.2, -0.15) is 0 Å². The number of carbonyl (C=O) groups excluding carboxylic acids is 1. The van der Waals surface area contributed by atoms with Crippen molar-refractivity contribution < 1.29 is 6.22 Å². The number of rotatable bonds is 2. The molecule has 26 heavy (non-hydrogen) atoms. The van der Waals surface area contributed by atoms with Crippen molar-refractivity contribution in [3.63, 3.8) is 0 Å². The van der Waals surface area contributed by atoms with Crippen LogP contribution >= 0.6 is 0 Å². The maximum atomic E-state index is 12.7. The SMILES string of the molecule is Nc1ncc(N2Cc3ccccc3C2=O)nc1-c1nc2ccccc2[nH]1.[HH]. The summed E-state index contributed by atoms with van der Waals surface area (Å²) in [6.45, 7) is 0.465. The van der Waals surface area contributed by atoms with E-state index in [1.807, 2.05) is 48.5 Å². The Labute approximate surface area is 150 Å². The molecule has 0 bridgehead atoms. The maximum absolute atomic E-state index is 12.7. The largest absolute Gasteiger partial charge is 0.382 e. The number of aromatic amines is 1. The third kappa shape index (κ3) is 2.14. The van der Waals surface area contributed by atoms with E-state index in [-0.39, 0.29) is 13.2 Å². The Kier molecular flexibility index (Phi) is 3.02. The second-order valence-electron chi connectivity index (χ2n) is 6.11. The van der Waals surface area contributed by atoms with Crippen molar-refractivity contribution in [2.24, 2.45) is 0 Å². The van der Waals surface area contributed by atoms with Crippen molar-refractivity contribution in [2.45, 2.75) is 6.54 Å². The van der Waals surface area contributed by atoms with Gasteiger partial charge in [0.1, 0.15) is 0 Å². The first-order valence-corrected chi connectivity index (χ1v) is 8.18. The number of anilines is 2. The van der Waals surface area contributed by atoms with E-state index in [9.17, 15) is 4.79 Å². The van der Waals surface area contributed by atoms with E-state index < -0.39 is 0 Å². The Bertz CT molecular complexity index is 1140. The number of H-pyrrole nitrogens is 1. The van der Waals surface area contributed by atoms with Gasteiger partial charge in [-0.3, -0.25) is 9.69 Å². The highest BCUT2D eigenvalue weighted by atomic mass is 16.2. The molecule has 0 aliphatic carbocycles. The van der Waals surface area contributed by atoms with Crippen LogP contribution in [0.15, 0.2) is 54.7 Å². The average Bonchev–Trinajstić information content (AvgIpc) is 3.24. The van der Waals surface area contributed by atoms with Crippen molar-refractivity contribution in [3.05, 3.63) is 65.9 Å². The smallest absolute Gasteiger partial charge is 0.260 e. The molecule has 2 aromatic heterocycles. The lowest BCUT2D eigenvalue weighted by molar-refractivity contribution is 0.0996. The molecule has 4 aromatic rings. The average molecular weight is 344 g/mol. The number of imidazole rings is 1. The zero-order chi connectivity index (χ0) is 17.7. The Balaban J connectivity index is 0.00000180. The highest BCUT2D eigenvalue weighted by molar-refractivity contribution is 6.09. The molecule has 5 rings (SSSR count). The fraction of sp³-hybridized carbons (Fsp3) is 0.0526. The third-order valence-electron chi connectivity index (χ3n) is 4.50. The van der Waals surface area contributed by atoms with Crippen LogP contribution in [0.3, 0.4) is 0 Å². The summed E-state index contributed by atoms with van der Waals surface area (Å²) < 4.78 is 0. The van der Waals surface area contributed by atoms with E-state index >= 15 is 0 Å². The molecule has 3 N–H and O–H groups in total. The maximum Gasteiger partial charge on any atom is 0.260 e. The molecule has 128 valence electrons. The van der Waals surface area contributed by atoms with Crippen molar-refractivity contribution in [1.82, 2.24) is 19.9 Å². The summed E-state index contributed by atoms with van der Waals surface area (Å²) in [7, 11) is 0. The van der Waals surface area contributed by atoms with Crippen molar-refractivity contribution in [1.29, 1.82) is 0 Å². The van der Waals surface area contributed by atoms with Crippen LogP contribution in [-0.4, -0.2) is 25.8 Å². The summed E-state index contributed by atoms with van der Waals surface area (Å²) in [5, 5.41) is 0. The van der Waals surface area contributed by atoms with Crippen LogP contribution in [0.5, 0.6) is 0 Å². The number of nitrogens with one attached hydrogen (secondary N) is 1. The van der Waals surface area contributed by atoms with Gasteiger partial charge < -0.3 is 10.7 Å². The quantitative estimate of drug-likeness (QED) is 0.582. The van der Waals surface area contributed by atoms with Crippen molar-refractivity contribution >= 4 is 28.6 Å². The summed E-state index contributed by atoms with van der Waals surface area (Å²) in [4.78, 5) is 30.8. The molecule has 1 amide bonds. The summed E-state index contributed by atoms with van der Waals surface area (Å²) in [5.41, 5.74) is 9.83. The molecule has 0 spiro atoms. The minimum absolute atomic E-state index is 0. The molecule has 7 heteroatoms. The van der Waals surface area contributed by atoms with E-state index in [1.54, 1.807) is 4.90 Å². The fourth-order valence-corrected chi connectivity index (χ4v) is 3.20. The van der Waals surface area contributed by atoms with Gasteiger partial charge in [-0.25, -0.2) is 15.0 Å². The highest BCUT2D eigenvalue weighted by Gasteiger charge is 2.29. The molecule has 7 nitrogen and oxygen atoms in total. The number of nitrogens with zero attached hydrogens (tertiary/aromatic N) is 4. The molecule has 1 aliphatic rings. The first kappa shape index (κ1) is 14.6. The number of nitrogen functional groups attached to an aromatic ring is 1. The Morgan fingerprint density at radius 2 is 1.88 bits per heavy atom. The van der Waals surface area contributed by atoms with Crippen LogP contribution < -0.4 is 10.6 Å².